The lowest BCUT2D eigenvalue weighted by Crippen LogP contribution is -2.59. The van der Waals surface area contributed by atoms with E-state index in [1.807, 2.05) is 20.8 Å². The number of aliphatic hydroxyl groups is 1. The molecule has 28 heavy (non-hydrogen) atoms. The van der Waals surface area contributed by atoms with Crippen molar-refractivity contribution in [2.75, 3.05) is 13.2 Å². The average molecular weight is 411 g/mol. The Kier molecular flexibility index (Phi) is 5.57. The van der Waals surface area contributed by atoms with Gasteiger partial charge in [0.15, 0.2) is 0 Å². The quantitative estimate of drug-likeness (QED) is 0.612. The minimum Gasteiger partial charge on any atom is -0.481 e. The van der Waals surface area contributed by atoms with Gasteiger partial charge in [0, 0.05) is 17.8 Å². The molecule has 2 bridgehead atoms. The van der Waals surface area contributed by atoms with Crippen LogP contribution in [0.1, 0.15) is 34.1 Å². The van der Waals surface area contributed by atoms with Crippen LogP contribution >= 0.6 is 11.8 Å². The Morgan fingerprint density at radius 2 is 2.07 bits per heavy atom. The average Bonchev–Trinajstić information content (AvgIpc) is 3.22. The van der Waals surface area contributed by atoms with Crippen molar-refractivity contribution in [2.45, 2.75) is 62.2 Å². The summed E-state index contributed by atoms with van der Waals surface area (Å²) in [5, 5.41) is 19.4. The number of rotatable bonds is 7. The molecule has 3 rings (SSSR count). The molecule has 7 nitrogen and oxygen atoms in total. The minimum absolute atomic E-state index is 0.0367. The van der Waals surface area contributed by atoms with Crippen molar-refractivity contribution in [3.63, 3.8) is 0 Å². The van der Waals surface area contributed by atoms with Crippen molar-refractivity contribution in [3.05, 3.63) is 12.7 Å². The number of amides is 2. The maximum absolute atomic E-state index is 13.7. The highest BCUT2D eigenvalue weighted by molar-refractivity contribution is 8.02. The Labute approximate surface area is 170 Å². The van der Waals surface area contributed by atoms with Crippen molar-refractivity contribution >= 4 is 29.5 Å². The number of fused-ring (bicyclic) bond motifs is 1. The predicted molar refractivity (Wildman–Crippen MR) is 107 cm³/mol. The van der Waals surface area contributed by atoms with Gasteiger partial charge < -0.3 is 20.0 Å². The standard InChI is InChI=1S/C20H30N2O5S/c1-6-7-21(10(2)3)18(25)16-20-11(4)8-13(28-20)14(19(26)27)15(20)17(24)22(16)12(5)9-23/h6,10-16,23H,1,7-9H2,2-5H3,(H,26,27)/t11?,12-,13+,14-,15+,16?,20?/m1/s1. The van der Waals surface area contributed by atoms with Gasteiger partial charge in [0.05, 0.1) is 29.2 Å². The second-order valence-electron chi connectivity index (χ2n) is 8.54. The summed E-state index contributed by atoms with van der Waals surface area (Å²) in [6.07, 6.45) is 2.34. The molecule has 0 aromatic rings. The molecular formula is C20H30N2O5S. The first-order valence-electron chi connectivity index (χ1n) is 9.88. The van der Waals surface area contributed by atoms with E-state index in [0.29, 0.717) is 13.0 Å². The number of hydrogen-bond donors (Lipinski definition) is 2. The summed E-state index contributed by atoms with van der Waals surface area (Å²) in [6.45, 7) is 11.4. The zero-order chi connectivity index (χ0) is 21.0. The SMILES string of the molecule is C=CCN(C(=O)C1N([C@H](C)CO)C(=O)[C@@H]2[C@H](C(=O)O)[C@@H]3CC(C)C12S3)C(C)C. The van der Waals surface area contributed by atoms with E-state index in [9.17, 15) is 24.6 Å². The van der Waals surface area contributed by atoms with Crippen LogP contribution in [0.15, 0.2) is 12.7 Å². The minimum atomic E-state index is -0.971. The van der Waals surface area contributed by atoms with Crippen LogP contribution < -0.4 is 0 Å². The molecule has 156 valence electrons. The van der Waals surface area contributed by atoms with Crippen LogP contribution in [0.5, 0.6) is 0 Å². The van der Waals surface area contributed by atoms with E-state index in [2.05, 4.69) is 6.58 Å². The molecule has 2 N–H and O–H groups in total. The van der Waals surface area contributed by atoms with Gasteiger partial charge in [-0.05, 0) is 33.1 Å². The zero-order valence-electron chi connectivity index (χ0n) is 16.9. The van der Waals surface area contributed by atoms with Gasteiger partial charge in [-0.1, -0.05) is 13.0 Å². The number of carbonyl (C=O) groups is 3. The fraction of sp³-hybridized carbons (Fsp3) is 0.750. The van der Waals surface area contributed by atoms with Gasteiger partial charge in [-0.25, -0.2) is 0 Å². The molecule has 0 aliphatic carbocycles. The molecule has 0 aromatic heterocycles. The Bertz CT molecular complexity index is 698. The van der Waals surface area contributed by atoms with Crippen molar-refractivity contribution in [2.24, 2.45) is 17.8 Å². The summed E-state index contributed by atoms with van der Waals surface area (Å²) in [5.74, 6) is -2.94. The van der Waals surface area contributed by atoms with Crippen molar-refractivity contribution in [3.8, 4) is 0 Å². The van der Waals surface area contributed by atoms with Crippen molar-refractivity contribution < 1.29 is 24.6 Å². The molecule has 3 unspecified atom stereocenters. The van der Waals surface area contributed by atoms with E-state index in [1.54, 1.807) is 17.9 Å². The fourth-order valence-electron chi connectivity index (χ4n) is 5.43. The van der Waals surface area contributed by atoms with Crippen molar-refractivity contribution in [1.29, 1.82) is 0 Å². The Hall–Kier alpha value is -1.54. The maximum Gasteiger partial charge on any atom is 0.308 e. The third kappa shape index (κ3) is 2.71. The summed E-state index contributed by atoms with van der Waals surface area (Å²) in [7, 11) is 0. The molecule has 2 amide bonds. The second-order valence-corrected chi connectivity index (χ2v) is 10.1. The summed E-state index contributed by atoms with van der Waals surface area (Å²) in [6, 6.07) is -1.42. The number of carbonyl (C=O) groups excluding carboxylic acids is 2. The monoisotopic (exact) mass is 410 g/mol. The van der Waals surface area contributed by atoms with Crippen LogP contribution in [0.3, 0.4) is 0 Å². The highest BCUT2D eigenvalue weighted by Gasteiger charge is 2.76. The van der Waals surface area contributed by atoms with Crippen LogP contribution in [0, 0.1) is 17.8 Å². The smallest absolute Gasteiger partial charge is 0.308 e. The largest absolute Gasteiger partial charge is 0.481 e. The van der Waals surface area contributed by atoms with E-state index in [1.165, 1.54) is 16.7 Å². The van der Waals surface area contributed by atoms with Crippen LogP contribution in [0.4, 0.5) is 0 Å². The molecule has 0 radical (unpaired) electrons. The Morgan fingerprint density at radius 1 is 1.43 bits per heavy atom. The second kappa shape index (κ2) is 7.37. The van der Waals surface area contributed by atoms with Gasteiger partial charge >= 0.3 is 5.97 Å². The van der Waals surface area contributed by atoms with Crippen LogP contribution in [-0.4, -0.2) is 79.1 Å². The molecule has 3 fully saturated rings. The lowest BCUT2D eigenvalue weighted by Gasteiger charge is -2.42. The highest BCUT2D eigenvalue weighted by atomic mass is 32.2. The molecule has 7 atom stereocenters. The normalized spacial score (nSPS) is 37.3. The summed E-state index contributed by atoms with van der Waals surface area (Å²) in [5.41, 5.74) is 0. The first-order valence-corrected chi connectivity index (χ1v) is 10.8. The topological polar surface area (TPSA) is 98.2 Å². The Balaban J connectivity index is 2.14. The lowest BCUT2D eigenvalue weighted by molar-refractivity contribution is -0.150. The molecule has 3 heterocycles. The van der Waals surface area contributed by atoms with E-state index >= 15 is 0 Å². The molecule has 8 heteroatoms. The molecule has 0 aromatic carbocycles. The van der Waals surface area contributed by atoms with E-state index in [0.717, 1.165) is 0 Å². The van der Waals surface area contributed by atoms with Crippen LogP contribution in [0.25, 0.3) is 0 Å². The third-order valence-corrected chi connectivity index (χ3v) is 8.75. The lowest BCUT2D eigenvalue weighted by atomic mass is 9.66. The number of carboxylic acids is 1. The van der Waals surface area contributed by atoms with Crippen molar-refractivity contribution in [1.82, 2.24) is 9.80 Å². The van der Waals surface area contributed by atoms with Gasteiger partial charge in [-0.2, -0.15) is 0 Å². The number of carboxylic acid groups (broad SMARTS) is 1. The number of likely N-dealkylation sites (tertiary alicyclic amines) is 1. The number of aliphatic hydroxyl groups excluding tert-OH is 1. The van der Waals surface area contributed by atoms with E-state index in [-0.39, 0.29) is 35.6 Å². The Morgan fingerprint density at radius 3 is 2.57 bits per heavy atom. The number of nitrogens with zero attached hydrogens (tertiary/aromatic N) is 2. The number of thioether (sulfide) groups is 1. The molecule has 1 spiro atoms. The van der Waals surface area contributed by atoms with E-state index in [4.69, 9.17) is 0 Å². The van der Waals surface area contributed by atoms with Gasteiger partial charge in [-0.15, -0.1) is 18.3 Å². The zero-order valence-corrected chi connectivity index (χ0v) is 17.7. The molecule has 3 aliphatic rings. The molecule has 3 saturated heterocycles. The molecule has 3 aliphatic heterocycles. The van der Waals surface area contributed by atoms with Gasteiger partial charge in [0.1, 0.15) is 6.04 Å². The van der Waals surface area contributed by atoms with Gasteiger partial charge in [-0.3, -0.25) is 14.4 Å². The van der Waals surface area contributed by atoms with Crippen LogP contribution in [-0.2, 0) is 14.4 Å². The van der Waals surface area contributed by atoms with E-state index < -0.39 is 34.6 Å². The predicted octanol–water partition coefficient (Wildman–Crippen LogP) is 1.21. The summed E-state index contributed by atoms with van der Waals surface area (Å²) < 4.78 is -0.764. The number of hydrogen-bond acceptors (Lipinski definition) is 5. The summed E-state index contributed by atoms with van der Waals surface area (Å²) >= 11 is 1.51. The van der Waals surface area contributed by atoms with Gasteiger partial charge in [0.2, 0.25) is 11.8 Å². The first kappa shape index (κ1) is 21.2. The molecular weight excluding hydrogens is 380 g/mol. The third-order valence-electron chi connectivity index (χ3n) is 6.67. The van der Waals surface area contributed by atoms with Gasteiger partial charge in [0.25, 0.3) is 0 Å². The highest BCUT2D eigenvalue weighted by Crippen LogP contribution is 2.68. The number of aliphatic carboxylic acids is 1. The van der Waals surface area contributed by atoms with Crippen LogP contribution in [0.2, 0.25) is 0 Å². The fourth-order valence-corrected chi connectivity index (χ4v) is 7.83. The molecule has 0 saturated carbocycles. The summed E-state index contributed by atoms with van der Waals surface area (Å²) in [4.78, 5) is 42.4. The first-order chi connectivity index (χ1) is 13.1. The maximum atomic E-state index is 13.7.